The van der Waals surface area contributed by atoms with Gasteiger partial charge in [-0.2, -0.15) is 0 Å². The summed E-state index contributed by atoms with van der Waals surface area (Å²) in [6.07, 6.45) is 1.89. The second-order valence-electron chi connectivity index (χ2n) is 4.65. The standard InChI is InChI=1S/C15H16ClNO3S/c1-21(18,19)13-4-2-3-12(10-13)20-15-6-5-11(7-8-17)9-14(15)16/h2-6,9-10H,7-8,17H2,1H3. The Kier molecular flexibility index (Phi) is 4.88. The maximum absolute atomic E-state index is 11.5. The first-order chi connectivity index (χ1) is 9.90. The van der Waals surface area contributed by atoms with E-state index in [1.165, 1.54) is 12.1 Å². The number of hydrogen-bond acceptors (Lipinski definition) is 4. The minimum atomic E-state index is -3.27. The van der Waals surface area contributed by atoms with Crippen molar-refractivity contribution in [3.8, 4) is 11.5 Å². The monoisotopic (exact) mass is 325 g/mol. The van der Waals surface area contributed by atoms with Gasteiger partial charge in [-0.25, -0.2) is 8.42 Å². The normalized spacial score (nSPS) is 11.4. The Balaban J connectivity index is 2.26. The summed E-state index contributed by atoms with van der Waals surface area (Å²) in [6, 6.07) is 11.7. The molecule has 0 atom stereocenters. The van der Waals surface area contributed by atoms with Gasteiger partial charge in [0.1, 0.15) is 11.5 Å². The molecule has 0 bridgehead atoms. The molecule has 112 valence electrons. The van der Waals surface area contributed by atoms with Gasteiger partial charge in [0, 0.05) is 6.26 Å². The van der Waals surface area contributed by atoms with E-state index >= 15 is 0 Å². The number of sulfone groups is 1. The molecule has 0 saturated heterocycles. The number of hydrogen-bond donors (Lipinski definition) is 1. The molecule has 0 aliphatic rings. The van der Waals surface area contributed by atoms with Gasteiger partial charge in [0.25, 0.3) is 0 Å². The summed E-state index contributed by atoms with van der Waals surface area (Å²) in [7, 11) is -3.27. The SMILES string of the molecule is CS(=O)(=O)c1cccc(Oc2ccc(CCN)cc2Cl)c1. The highest BCUT2D eigenvalue weighted by molar-refractivity contribution is 7.90. The largest absolute Gasteiger partial charge is 0.456 e. The van der Waals surface area contributed by atoms with Crippen molar-refractivity contribution in [3.05, 3.63) is 53.1 Å². The van der Waals surface area contributed by atoms with E-state index < -0.39 is 9.84 Å². The molecule has 0 aliphatic carbocycles. The van der Waals surface area contributed by atoms with Gasteiger partial charge in [-0.3, -0.25) is 0 Å². The van der Waals surface area contributed by atoms with Crippen molar-refractivity contribution in [1.29, 1.82) is 0 Å². The number of benzene rings is 2. The molecule has 2 aromatic rings. The van der Waals surface area contributed by atoms with E-state index in [9.17, 15) is 8.42 Å². The molecule has 2 N–H and O–H groups in total. The predicted octanol–water partition coefficient (Wildman–Crippen LogP) is 3.04. The van der Waals surface area contributed by atoms with E-state index in [2.05, 4.69) is 0 Å². The lowest BCUT2D eigenvalue weighted by Crippen LogP contribution is -2.02. The summed E-state index contributed by atoms with van der Waals surface area (Å²) < 4.78 is 28.7. The molecule has 6 heteroatoms. The van der Waals surface area contributed by atoms with Gasteiger partial charge in [-0.15, -0.1) is 0 Å². The summed E-state index contributed by atoms with van der Waals surface area (Å²) in [6.45, 7) is 0.549. The second-order valence-corrected chi connectivity index (χ2v) is 7.08. The zero-order valence-corrected chi connectivity index (χ0v) is 13.1. The fourth-order valence-corrected chi connectivity index (χ4v) is 2.74. The van der Waals surface area contributed by atoms with Gasteiger partial charge >= 0.3 is 0 Å². The fourth-order valence-electron chi connectivity index (χ4n) is 1.84. The maximum Gasteiger partial charge on any atom is 0.175 e. The summed E-state index contributed by atoms with van der Waals surface area (Å²) in [4.78, 5) is 0.205. The molecule has 4 nitrogen and oxygen atoms in total. The van der Waals surface area contributed by atoms with Crippen LogP contribution in [0, 0.1) is 0 Å². The van der Waals surface area contributed by atoms with Crippen LogP contribution >= 0.6 is 11.6 Å². The van der Waals surface area contributed by atoms with Crippen LogP contribution in [0.1, 0.15) is 5.56 Å². The maximum atomic E-state index is 11.5. The Labute approximate surface area is 129 Å². The highest BCUT2D eigenvalue weighted by Gasteiger charge is 2.10. The topological polar surface area (TPSA) is 69.4 Å². The fraction of sp³-hybridized carbons (Fsp3) is 0.200. The molecule has 0 aromatic heterocycles. The third kappa shape index (κ3) is 4.20. The third-order valence-corrected chi connectivity index (χ3v) is 4.30. The van der Waals surface area contributed by atoms with Crippen molar-refractivity contribution < 1.29 is 13.2 Å². The number of ether oxygens (including phenoxy) is 1. The Morgan fingerprint density at radius 3 is 2.57 bits per heavy atom. The molecule has 0 heterocycles. The van der Waals surface area contributed by atoms with E-state index in [0.717, 1.165) is 18.2 Å². The Bertz CT molecular complexity index is 744. The van der Waals surface area contributed by atoms with Crippen molar-refractivity contribution in [2.75, 3.05) is 12.8 Å². The van der Waals surface area contributed by atoms with E-state index in [0.29, 0.717) is 23.1 Å². The van der Waals surface area contributed by atoms with Crippen LogP contribution in [0.2, 0.25) is 5.02 Å². The van der Waals surface area contributed by atoms with E-state index in [1.54, 1.807) is 24.3 Å². The second kappa shape index (κ2) is 6.47. The molecule has 0 fully saturated rings. The average molecular weight is 326 g/mol. The average Bonchev–Trinajstić information content (AvgIpc) is 2.42. The van der Waals surface area contributed by atoms with Crippen LogP contribution in [0.15, 0.2) is 47.4 Å². The molecule has 0 radical (unpaired) electrons. The zero-order chi connectivity index (χ0) is 15.5. The molecule has 0 aliphatic heterocycles. The first-order valence-corrected chi connectivity index (χ1v) is 8.63. The molecule has 0 amide bonds. The van der Waals surface area contributed by atoms with E-state index in [4.69, 9.17) is 22.1 Å². The highest BCUT2D eigenvalue weighted by Crippen LogP contribution is 2.31. The van der Waals surface area contributed by atoms with Crippen LogP contribution < -0.4 is 10.5 Å². The lowest BCUT2D eigenvalue weighted by molar-refractivity contribution is 0.481. The Morgan fingerprint density at radius 2 is 1.95 bits per heavy atom. The van der Waals surface area contributed by atoms with Crippen LogP contribution in [0.4, 0.5) is 0 Å². The lowest BCUT2D eigenvalue weighted by atomic mass is 10.1. The molecular formula is C15H16ClNO3S. The van der Waals surface area contributed by atoms with Crippen molar-refractivity contribution in [2.24, 2.45) is 5.73 Å². The summed E-state index contributed by atoms with van der Waals surface area (Å²) in [5.74, 6) is 0.898. The molecular weight excluding hydrogens is 310 g/mol. The summed E-state index contributed by atoms with van der Waals surface area (Å²) in [5.41, 5.74) is 6.53. The number of nitrogens with two attached hydrogens (primary N) is 1. The Hall–Kier alpha value is -1.56. The van der Waals surface area contributed by atoms with Gasteiger partial charge in [0.05, 0.1) is 9.92 Å². The highest BCUT2D eigenvalue weighted by atomic mass is 35.5. The van der Waals surface area contributed by atoms with Gasteiger partial charge in [-0.1, -0.05) is 23.7 Å². The lowest BCUT2D eigenvalue weighted by Gasteiger charge is -2.10. The molecule has 2 aromatic carbocycles. The van der Waals surface area contributed by atoms with Gasteiger partial charge in [-0.05, 0) is 48.9 Å². The minimum Gasteiger partial charge on any atom is -0.456 e. The van der Waals surface area contributed by atoms with Crippen LogP contribution in [0.5, 0.6) is 11.5 Å². The van der Waals surface area contributed by atoms with Gasteiger partial charge in [0.15, 0.2) is 9.84 Å². The van der Waals surface area contributed by atoms with Crippen LogP contribution in [-0.2, 0) is 16.3 Å². The smallest absolute Gasteiger partial charge is 0.175 e. The molecule has 2 rings (SSSR count). The van der Waals surface area contributed by atoms with Crippen molar-refractivity contribution >= 4 is 21.4 Å². The molecule has 0 unspecified atom stereocenters. The quantitative estimate of drug-likeness (QED) is 0.917. The van der Waals surface area contributed by atoms with Crippen molar-refractivity contribution in [2.45, 2.75) is 11.3 Å². The zero-order valence-electron chi connectivity index (χ0n) is 11.5. The first-order valence-electron chi connectivity index (χ1n) is 6.36. The van der Waals surface area contributed by atoms with Gasteiger partial charge in [0.2, 0.25) is 0 Å². The van der Waals surface area contributed by atoms with E-state index in [-0.39, 0.29) is 4.90 Å². The number of rotatable bonds is 5. The van der Waals surface area contributed by atoms with E-state index in [1.807, 2.05) is 6.07 Å². The predicted molar refractivity (Wildman–Crippen MR) is 83.8 cm³/mol. The first kappa shape index (κ1) is 15.8. The third-order valence-electron chi connectivity index (χ3n) is 2.89. The Morgan fingerprint density at radius 1 is 1.19 bits per heavy atom. The summed E-state index contributed by atoms with van der Waals surface area (Å²) >= 11 is 6.16. The summed E-state index contributed by atoms with van der Waals surface area (Å²) in [5, 5.41) is 0.464. The number of halogens is 1. The van der Waals surface area contributed by atoms with Crippen LogP contribution in [-0.4, -0.2) is 21.2 Å². The molecule has 21 heavy (non-hydrogen) atoms. The van der Waals surface area contributed by atoms with Crippen LogP contribution in [0.3, 0.4) is 0 Å². The van der Waals surface area contributed by atoms with Crippen molar-refractivity contribution in [1.82, 2.24) is 0 Å². The minimum absolute atomic E-state index is 0.205. The molecule has 0 spiro atoms. The molecule has 0 saturated carbocycles. The van der Waals surface area contributed by atoms with Crippen LogP contribution in [0.25, 0.3) is 0 Å². The van der Waals surface area contributed by atoms with Crippen molar-refractivity contribution in [3.63, 3.8) is 0 Å². The van der Waals surface area contributed by atoms with Gasteiger partial charge < -0.3 is 10.5 Å².